The van der Waals surface area contributed by atoms with Crippen LogP contribution < -0.4 is 0 Å². The smallest absolute Gasteiger partial charge is 0.227 e. The summed E-state index contributed by atoms with van der Waals surface area (Å²) in [5.41, 5.74) is 0.731. The second kappa shape index (κ2) is 5.35. The summed E-state index contributed by atoms with van der Waals surface area (Å²) in [5.74, 6) is 0. The number of aryl methyl sites for hydroxylation is 1. The van der Waals surface area contributed by atoms with Crippen molar-refractivity contribution in [2.45, 2.75) is 23.8 Å². The summed E-state index contributed by atoms with van der Waals surface area (Å²) in [4.78, 5) is 3.95. The summed E-state index contributed by atoms with van der Waals surface area (Å²) in [6.45, 7) is 1.85. The molecule has 0 aliphatic carbocycles. The molecule has 4 nitrogen and oxygen atoms in total. The van der Waals surface area contributed by atoms with E-state index in [0.29, 0.717) is 11.4 Å². The Hall–Kier alpha value is -1.33. The van der Waals surface area contributed by atoms with Crippen LogP contribution in [-0.2, 0) is 16.9 Å². The molecular formula is C13H15ClN2O2S. The zero-order chi connectivity index (χ0) is 14.0. The van der Waals surface area contributed by atoms with Crippen LogP contribution in [0.5, 0.6) is 0 Å². The van der Waals surface area contributed by atoms with Gasteiger partial charge in [0.15, 0.2) is 0 Å². The molecule has 0 amide bonds. The molecule has 2 aromatic rings. The Morgan fingerprint density at radius 2 is 1.95 bits per heavy atom. The number of sulfone groups is 1. The number of halogens is 1. The largest absolute Gasteiger partial charge is 0.325 e. The summed E-state index contributed by atoms with van der Waals surface area (Å²) in [6.07, 6.45) is 3.60. The van der Waals surface area contributed by atoms with E-state index in [1.54, 1.807) is 37.5 Å². The highest BCUT2D eigenvalue weighted by Gasteiger charge is 2.30. The van der Waals surface area contributed by atoms with Gasteiger partial charge in [-0.15, -0.1) is 0 Å². The molecule has 0 fully saturated rings. The number of aromatic nitrogens is 2. The van der Waals surface area contributed by atoms with Crippen molar-refractivity contribution in [1.82, 2.24) is 9.55 Å². The van der Waals surface area contributed by atoms with Gasteiger partial charge in [0.05, 0.1) is 5.25 Å². The third-order valence-electron chi connectivity index (χ3n) is 3.02. The van der Waals surface area contributed by atoms with Crippen molar-refractivity contribution in [3.05, 3.63) is 47.2 Å². The van der Waals surface area contributed by atoms with Crippen LogP contribution in [0.1, 0.15) is 24.2 Å². The highest BCUT2D eigenvalue weighted by Crippen LogP contribution is 2.31. The number of benzene rings is 1. The first-order valence-electron chi connectivity index (χ1n) is 5.93. The third-order valence-corrected chi connectivity index (χ3v) is 5.53. The van der Waals surface area contributed by atoms with Gasteiger partial charge >= 0.3 is 0 Å². The van der Waals surface area contributed by atoms with E-state index < -0.39 is 15.1 Å². The van der Waals surface area contributed by atoms with Crippen LogP contribution in [0.25, 0.3) is 0 Å². The van der Waals surface area contributed by atoms with Gasteiger partial charge in [0.1, 0.15) is 0 Å². The van der Waals surface area contributed by atoms with Crippen molar-refractivity contribution in [2.24, 2.45) is 7.05 Å². The van der Waals surface area contributed by atoms with Crippen molar-refractivity contribution >= 4 is 21.4 Å². The van der Waals surface area contributed by atoms with E-state index in [0.717, 1.165) is 5.56 Å². The van der Waals surface area contributed by atoms with E-state index in [2.05, 4.69) is 4.98 Å². The van der Waals surface area contributed by atoms with Gasteiger partial charge in [0.2, 0.25) is 15.0 Å². The summed E-state index contributed by atoms with van der Waals surface area (Å²) >= 11 is 5.83. The molecule has 102 valence electrons. The van der Waals surface area contributed by atoms with Crippen LogP contribution in [0.2, 0.25) is 5.02 Å². The van der Waals surface area contributed by atoms with E-state index in [4.69, 9.17) is 11.6 Å². The lowest BCUT2D eigenvalue weighted by Crippen LogP contribution is -2.17. The minimum Gasteiger partial charge on any atom is -0.325 e. The topological polar surface area (TPSA) is 52.0 Å². The molecule has 1 heterocycles. The zero-order valence-electron chi connectivity index (χ0n) is 10.7. The SMILES string of the molecule is CC[C@H](c1ccc(Cl)cc1)S(=O)(=O)c1nccn1C. The molecule has 0 saturated carbocycles. The Labute approximate surface area is 118 Å². The summed E-state index contributed by atoms with van der Waals surface area (Å²) in [7, 11) is -1.82. The van der Waals surface area contributed by atoms with Gasteiger partial charge in [0, 0.05) is 24.5 Å². The number of nitrogens with zero attached hydrogens (tertiary/aromatic N) is 2. The molecule has 0 aliphatic heterocycles. The van der Waals surface area contributed by atoms with Crippen molar-refractivity contribution in [3.63, 3.8) is 0 Å². The van der Waals surface area contributed by atoms with Crippen LogP contribution in [0.4, 0.5) is 0 Å². The predicted octanol–water partition coefficient (Wildman–Crippen LogP) is 3.00. The Kier molecular flexibility index (Phi) is 3.96. The lowest BCUT2D eigenvalue weighted by atomic mass is 10.1. The van der Waals surface area contributed by atoms with E-state index in [-0.39, 0.29) is 5.16 Å². The fraction of sp³-hybridized carbons (Fsp3) is 0.308. The minimum absolute atomic E-state index is 0.0919. The molecular weight excluding hydrogens is 284 g/mol. The first-order valence-corrected chi connectivity index (χ1v) is 7.86. The Balaban J connectivity index is 2.48. The fourth-order valence-electron chi connectivity index (χ4n) is 2.07. The minimum atomic E-state index is -3.50. The highest BCUT2D eigenvalue weighted by atomic mass is 35.5. The van der Waals surface area contributed by atoms with Gasteiger partial charge in [-0.05, 0) is 24.1 Å². The molecule has 0 radical (unpaired) electrons. The number of hydrogen-bond acceptors (Lipinski definition) is 3. The Morgan fingerprint density at radius 1 is 1.32 bits per heavy atom. The van der Waals surface area contributed by atoms with Gasteiger partial charge < -0.3 is 4.57 Å². The van der Waals surface area contributed by atoms with Crippen LogP contribution in [0.3, 0.4) is 0 Å². The fourth-order valence-corrected chi connectivity index (χ4v) is 4.07. The van der Waals surface area contributed by atoms with E-state index in [1.165, 1.54) is 10.8 Å². The third kappa shape index (κ3) is 2.67. The van der Waals surface area contributed by atoms with Crippen LogP contribution in [-0.4, -0.2) is 18.0 Å². The quantitative estimate of drug-likeness (QED) is 0.872. The molecule has 19 heavy (non-hydrogen) atoms. The number of imidazole rings is 1. The van der Waals surface area contributed by atoms with Gasteiger partial charge in [-0.25, -0.2) is 13.4 Å². The Bertz CT molecular complexity index is 662. The zero-order valence-corrected chi connectivity index (χ0v) is 12.3. The van der Waals surface area contributed by atoms with Gasteiger partial charge in [-0.1, -0.05) is 30.7 Å². The van der Waals surface area contributed by atoms with Crippen LogP contribution in [0, 0.1) is 0 Å². The van der Waals surface area contributed by atoms with Crippen molar-refractivity contribution < 1.29 is 8.42 Å². The van der Waals surface area contributed by atoms with Crippen molar-refractivity contribution in [2.75, 3.05) is 0 Å². The molecule has 2 rings (SSSR count). The predicted molar refractivity (Wildman–Crippen MR) is 74.9 cm³/mol. The lowest BCUT2D eigenvalue weighted by Gasteiger charge is -2.16. The highest BCUT2D eigenvalue weighted by molar-refractivity contribution is 7.91. The number of rotatable bonds is 4. The second-order valence-corrected chi connectivity index (χ2v) is 6.77. The molecule has 1 aromatic carbocycles. The first-order chi connectivity index (χ1) is 8.96. The Morgan fingerprint density at radius 3 is 2.42 bits per heavy atom. The van der Waals surface area contributed by atoms with E-state index in [1.807, 2.05) is 6.92 Å². The molecule has 1 atom stereocenters. The molecule has 0 unspecified atom stereocenters. The second-order valence-electron chi connectivity index (χ2n) is 4.31. The maximum atomic E-state index is 12.6. The van der Waals surface area contributed by atoms with Crippen molar-refractivity contribution in [1.29, 1.82) is 0 Å². The monoisotopic (exact) mass is 298 g/mol. The molecule has 0 spiro atoms. The maximum absolute atomic E-state index is 12.6. The summed E-state index contributed by atoms with van der Waals surface area (Å²) in [5, 5.41) is 0.0770. The average molecular weight is 299 g/mol. The van der Waals surface area contributed by atoms with Gasteiger partial charge in [-0.2, -0.15) is 0 Å². The van der Waals surface area contributed by atoms with Gasteiger partial charge in [0.25, 0.3) is 0 Å². The maximum Gasteiger partial charge on any atom is 0.227 e. The lowest BCUT2D eigenvalue weighted by molar-refractivity contribution is 0.562. The van der Waals surface area contributed by atoms with E-state index in [9.17, 15) is 8.42 Å². The number of hydrogen-bond donors (Lipinski definition) is 0. The molecule has 0 N–H and O–H groups in total. The molecule has 0 aliphatic rings. The molecule has 0 saturated heterocycles. The molecule has 0 bridgehead atoms. The molecule has 1 aromatic heterocycles. The summed E-state index contributed by atoms with van der Waals surface area (Å²) < 4.78 is 26.8. The first kappa shape index (κ1) is 14.1. The average Bonchev–Trinajstić information content (AvgIpc) is 2.79. The molecule has 6 heteroatoms. The van der Waals surface area contributed by atoms with Gasteiger partial charge in [-0.3, -0.25) is 0 Å². The standard InChI is InChI=1S/C13H15ClN2O2S/c1-3-12(10-4-6-11(14)7-5-10)19(17,18)13-15-8-9-16(13)2/h4-9,12H,3H2,1-2H3/t12-/m1/s1. The van der Waals surface area contributed by atoms with E-state index >= 15 is 0 Å². The van der Waals surface area contributed by atoms with Crippen molar-refractivity contribution in [3.8, 4) is 0 Å². The summed E-state index contributed by atoms with van der Waals surface area (Å²) in [6, 6.07) is 6.90. The normalized spacial score (nSPS) is 13.4. The van der Waals surface area contributed by atoms with Crippen LogP contribution in [0.15, 0.2) is 41.8 Å². The van der Waals surface area contributed by atoms with Crippen LogP contribution >= 0.6 is 11.6 Å².